The van der Waals surface area contributed by atoms with E-state index in [9.17, 15) is 9.59 Å². The van der Waals surface area contributed by atoms with Gasteiger partial charge in [-0.2, -0.15) is 0 Å². The number of benzene rings is 1. The number of hydrogen-bond donors (Lipinski definition) is 0. The van der Waals surface area contributed by atoms with Crippen molar-refractivity contribution in [2.45, 2.75) is 19.8 Å². The maximum Gasteiger partial charge on any atom is 0.349 e. The zero-order chi connectivity index (χ0) is 14.8. The Hall–Kier alpha value is -1.88. The summed E-state index contributed by atoms with van der Waals surface area (Å²) in [6.07, 6.45) is 2.07. The van der Waals surface area contributed by atoms with E-state index in [-0.39, 0.29) is 12.5 Å². The first kappa shape index (κ1) is 14.1. The molecule has 0 N–H and O–H groups in total. The van der Waals surface area contributed by atoms with Gasteiger partial charge in [0.2, 0.25) is 0 Å². The minimum atomic E-state index is -0.402. The van der Waals surface area contributed by atoms with Crippen LogP contribution < -0.4 is 0 Å². The van der Waals surface area contributed by atoms with Gasteiger partial charge < -0.3 is 9.64 Å². The van der Waals surface area contributed by atoms with Crippen molar-refractivity contribution in [2.75, 3.05) is 19.7 Å². The Balaban J connectivity index is 1.69. The van der Waals surface area contributed by atoms with E-state index in [1.165, 1.54) is 11.3 Å². The molecule has 1 aromatic heterocycles. The standard InChI is InChI=1S/C16H17NO3S/c1-11-12-6-2-3-7-13(12)21-15(11)16(19)20-10-14(18)17-8-4-5-9-17/h2-3,6-7H,4-5,8-10H2,1H3. The van der Waals surface area contributed by atoms with Crippen LogP contribution in [0.15, 0.2) is 24.3 Å². The van der Waals surface area contributed by atoms with Gasteiger partial charge in [-0.05, 0) is 36.8 Å². The second-order valence-corrected chi connectivity index (χ2v) is 6.27. The second-order valence-electron chi connectivity index (χ2n) is 5.22. The minimum Gasteiger partial charge on any atom is -0.451 e. The Morgan fingerprint density at radius 2 is 1.95 bits per heavy atom. The number of carbonyl (C=O) groups excluding carboxylic acids is 2. The summed E-state index contributed by atoms with van der Waals surface area (Å²) in [5, 5.41) is 1.07. The Morgan fingerprint density at radius 3 is 2.67 bits per heavy atom. The highest BCUT2D eigenvalue weighted by molar-refractivity contribution is 7.21. The second kappa shape index (κ2) is 5.85. The molecule has 1 fully saturated rings. The lowest BCUT2D eigenvalue weighted by Crippen LogP contribution is -2.32. The van der Waals surface area contributed by atoms with E-state index in [4.69, 9.17) is 4.74 Å². The molecule has 1 aliphatic heterocycles. The molecule has 0 spiro atoms. The first-order chi connectivity index (χ1) is 10.2. The zero-order valence-corrected chi connectivity index (χ0v) is 12.7. The molecule has 0 bridgehead atoms. The van der Waals surface area contributed by atoms with Crippen molar-refractivity contribution in [1.29, 1.82) is 0 Å². The molecule has 5 heteroatoms. The number of amides is 1. The van der Waals surface area contributed by atoms with Crippen molar-refractivity contribution < 1.29 is 14.3 Å². The quantitative estimate of drug-likeness (QED) is 0.819. The number of esters is 1. The van der Waals surface area contributed by atoms with Crippen molar-refractivity contribution in [3.05, 3.63) is 34.7 Å². The van der Waals surface area contributed by atoms with Crippen LogP contribution in [0.2, 0.25) is 0 Å². The molecule has 1 aromatic carbocycles. The predicted octanol–water partition coefficient (Wildman–Crippen LogP) is 2.99. The average Bonchev–Trinajstić information content (AvgIpc) is 3.13. The summed E-state index contributed by atoms with van der Waals surface area (Å²) in [4.78, 5) is 26.4. The van der Waals surface area contributed by atoms with Crippen molar-refractivity contribution in [3.8, 4) is 0 Å². The summed E-state index contributed by atoms with van der Waals surface area (Å²) in [5.41, 5.74) is 0.925. The van der Waals surface area contributed by atoms with Crippen LogP contribution in [0.1, 0.15) is 28.1 Å². The van der Waals surface area contributed by atoms with E-state index in [0.29, 0.717) is 4.88 Å². The number of ether oxygens (including phenoxy) is 1. The van der Waals surface area contributed by atoms with Crippen molar-refractivity contribution in [2.24, 2.45) is 0 Å². The number of thiophene rings is 1. The molecule has 0 radical (unpaired) electrons. The molecular formula is C16H17NO3S. The Morgan fingerprint density at radius 1 is 1.24 bits per heavy atom. The largest absolute Gasteiger partial charge is 0.451 e. The Kier molecular flexibility index (Phi) is 3.92. The molecule has 3 rings (SSSR count). The molecule has 2 heterocycles. The highest BCUT2D eigenvalue weighted by atomic mass is 32.1. The molecule has 21 heavy (non-hydrogen) atoms. The van der Waals surface area contributed by atoms with E-state index in [1.807, 2.05) is 31.2 Å². The van der Waals surface area contributed by atoms with Crippen LogP contribution in [0, 0.1) is 6.92 Å². The highest BCUT2D eigenvalue weighted by Crippen LogP contribution is 2.30. The molecular weight excluding hydrogens is 286 g/mol. The molecule has 1 aliphatic rings. The maximum absolute atomic E-state index is 12.2. The number of nitrogens with zero attached hydrogens (tertiary/aromatic N) is 1. The van der Waals surface area contributed by atoms with E-state index in [2.05, 4.69) is 0 Å². The van der Waals surface area contributed by atoms with E-state index in [1.54, 1.807) is 4.90 Å². The first-order valence-corrected chi connectivity index (χ1v) is 7.91. The monoisotopic (exact) mass is 303 g/mol. The van der Waals surface area contributed by atoms with Gasteiger partial charge in [0.25, 0.3) is 5.91 Å². The predicted molar refractivity (Wildman–Crippen MR) is 82.7 cm³/mol. The SMILES string of the molecule is Cc1c(C(=O)OCC(=O)N2CCCC2)sc2ccccc12. The molecule has 110 valence electrons. The van der Waals surface area contributed by atoms with Crippen LogP contribution in [0.5, 0.6) is 0 Å². The first-order valence-electron chi connectivity index (χ1n) is 7.10. The number of hydrogen-bond acceptors (Lipinski definition) is 4. The maximum atomic E-state index is 12.2. The van der Waals surface area contributed by atoms with E-state index < -0.39 is 5.97 Å². The Bertz CT molecular complexity index is 686. The van der Waals surface area contributed by atoms with Crippen molar-refractivity contribution in [3.63, 3.8) is 0 Å². The van der Waals surface area contributed by atoms with Gasteiger partial charge in [0.1, 0.15) is 4.88 Å². The third-order valence-corrected chi connectivity index (χ3v) is 5.07. The van der Waals surface area contributed by atoms with Gasteiger partial charge in [-0.1, -0.05) is 18.2 Å². The number of fused-ring (bicyclic) bond motifs is 1. The zero-order valence-electron chi connectivity index (χ0n) is 11.9. The normalized spacial score (nSPS) is 14.6. The lowest BCUT2D eigenvalue weighted by molar-refractivity contribution is -0.133. The third kappa shape index (κ3) is 2.78. The topological polar surface area (TPSA) is 46.6 Å². The van der Waals surface area contributed by atoms with Gasteiger partial charge >= 0.3 is 5.97 Å². The number of aryl methyl sites for hydroxylation is 1. The van der Waals surface area contributed by atoms with Gasteiger partial charge in [-0.3, -0.25) is 4.79 Å². The summed E-state index contributed by atoms with van der Waals surface area (Å²) in [6.45, 7) is 3.31. The fourth-order valence-electron chi connectivity index (χ4n) is 2.62. The van der Waals surface area contributed by atoms with Crippen LogP contribution >= 0.6 is 11.3 Å². The van der Waals surface area contributed by atoms with Crippen molar-refractivity contribution in [1.82, 2.24) is 4.90 Å². The number of rotatable bonds is 3. The minimum absolute atomic E-state index is 0.0976. The smallest absolute Gasteiger partial charge is 0.349 e. The van der Waals surface area contributed by atoms with Crippen LogP contribution in [-0.2, 0) is 9.53 Å². The number of carbonyl (C=O) groups is 2. The number of likely N-dealkylation sites (tertiary alicyclic amines) is 1. The van der Waals surface area contributed by atoms with Crippen LogP contribution in [0.3, 0.4) is 0 Å². The van der Waals surface area contributed by atoms with Gasteiger partial charge in [-0.25, -0.2) is 4.79 Å². The van der Waals surface area contributed by atoms with Gasteiger partial charge in [0.05, 0.1) is 0 Å². The van der Waals surface area contributed by atoms with Gasteiger partial charge in [-0.15, -0.1) is 11.3 Å². The third-order valence-electron chi connectivity index (χ3n) is 3.81. The lowest BCUT2D eigenvalue weighted by atomic mass is 10.1. The molecule has 0 aliphatic carbocycles. The molecule has 2 aromatic rings. The fraction of sp³-hybridized carbons (Fsp3) is 0.375. The fourth-order valence-corrected chi connectivity index (χ4v) is 3.72. The molecule has 0 saturated carbocycles. The van der Waals surface area contributed by atoms with Gasteiger partial charge in [0, 0.05) is 17.8 Å². The van der Waals surface area contributed by atoms with Crippen molar-refractivity contribution >= 4 is 33.3 Å². The highest BCUT2D eigenvalue weighted by Gasteiger charge is 2.21. The van der Waals surface area contributed by atoms with Gasteiger partial charge in [0.15, 0.2) is 6.61 Å². The summed E-state index contributed by atoms with van der Waals surface area (Å²) >= 11 is 1.42. The molecule has 1 saturated heterocycles. The van der Waals surface area contributed by atoms with Crippen LogP contribution in [-0.4, -0.2) is 36.5 Å². The molecule has 4 nitrogen and oxygen atoms in total. The van der Waals surface area contributed by atoms with E-state index >= 15 is 0 Å². The van der Waals surface area contributed by atoms with Crippen LogP contribution in [0.25, 0.3) is 10.1 Å². The summed E-state index contributed by atoms with van der Waals surface area (Å²) in [7, 11) is 0. The lowest BCUT2D eigenvalue weighted by Gasteiger charge is -2.14. The van der Waals surface area contributed by atoms with Crippen LogP contribution in [0.4, 0.5) is 0 Å². The van der Waals surface area contributed by atoms with E-state index in [0.717, 1.165) is 41.6 Å². The summed E-state index contributed by atoms with van der Waals surface area (Å²) < 4.78 is 6.26. The summed E-state index contributed by atoms with van der Waals surface area (Å²) in [5.74, 6) is -0.499. The molecule has 0 unspecified atom stereocenters. The molecule has 1 amide bonds. The molecule has 0 atom stereocenters. The summed E-state index contributed by atoms with van der Waals surface area (Å²) in [6, 6.07) is 7.88. The Labute approximate surface area is 127 Å². The average molecular weight is 303 g/mol.